The number of carbonyl (C=O) groups excluding carboxylic acids is 1. The van der Waals surface area contributed by atoms with Crippen LogP contribution in [0.25, 0.3) is 0 Å². The zero-order valence-corrected chi connectivity index (χ0v) is 8.21. The van der Waals surface area contributed by atoms with E-state index in [0.29, 0.717) is 0 Å². The van der Waals surface area contributed by atoms with Crippen LogP contribution in [0.5, 0.6) is 0 Å². The number of aliphatic hydroxyl groups excluding tert-OH is 1. The lowest BCUT2D eigenvalue weighted by Gasteiger charge is -2.15. The molecule has 0 saturated carbocycles. The standard InChI is InChI=1S/C8H14N4O2/c1-6(3-13)11-8(14)7(2)12-5-9-4-10-12/h4-7,13H,3H2,1-2H3,(H,11,14). The van der Waals surface area contributed by atoms with E-state index in [1.54, 1.807) is 13.8 Å². The molecule has 1 heterocycles. The molecule has 2 atom stereocenters. The molecule has 0 fully saturated rings. The normalized spacial score (nSPS) is 14.8. The summed E-state index contributed by atoms with van der Waals surface area (Å²) in [6.07, 6.45) is 2.85. The van der Waals surface area contributed by atoms with E-state index in [9.17, 15) is 4.79 Å². The summed E-state index contributed by atoms with van der Waals surface area (Å²) in [5.74, 6) is -0.183. The van der Waals surface area contributed by atoms with E-state index in [1.807, 2.05) is 0 Å². The van der Waals surface area contributed by atoms with E-state index in [0.717, 1.165) is 0 Å². The molecule has 6 nitrogen and oxygen atoms in total. The van der Waals surface area contributed by atoms with Gasteiger partial charge in [-0.25, -0.2) is 9.67 Å². The monoisotopic (exact) mass is 198 g/mol. The van der Waals surface area contributed by atoms with Crippen molar-refractivity contribution in [1.82, 2.24) is 20.1 Å². The van der Waals surface area contributed by atoms with Crippen LogP contribution in [-0.4, -0.2) is 38.4 Å². The number of hydrogen-bond acceptors (Lipinski definition) is 4. The first-order valence-corrected chi connectivity index (χ1v) is 4.40. The third-order valence-electron chi connectivity index (χ3n) is 1.88. The number of amides is 1. The minimum absolute atomic E-state index is 0.0736. The Labute approximate surface area is 82.0 Å². The van der Waals surface area contributed by atoms with Crippen LogP contribution in [0.2, 0.25) is 0 Å². The van der Waals surface area contributed by atoms with Gasteiger partial charge in [0.1, 0.15) is 18.7 Å². The first kappa shape index (κ1) is 10.6. The zero-order valence-electron chi connectivity index (χ0n) is 8.21. The minimum Gasteiger partial charge on any atom is -0.394 e. The Balaban J connectivity index is 2.53. The average Bonchev–Trinajstić information content (AvgIpc) is 2.69. The topological polar surface area (TPSA) is 80.0 Å². The van der Waals surface area contributed by atoms with E-state index in [4.69, 9.17) is 5.11 Å². The largest absolute Gasteiger partial charge is 0.394 e. The highest BCUT2D eigenvalue weighted by atomic mass is 16.3. The molecule has 1 amide bonds. The van der Waals surface area contributed by atoms with Gasteiger partial charge in [0.2, 0.25) is 5.91 Å². The maximum Gasteiger partial charge on any atom is 0.244 e. The summed E-state index contributed by atoms with van der Waals surface area (Å²) in [5.41, 5.74) is 0. The van der Waals surface area contributed by atoms with Crippen LogP contribution in [-0.2, 0) is 4.79 Å². The molecule has 1 rings (SSSR count). The highest BCUT2D eigenvalue weighted by Crippen LogP contribution is 2.01. The number of hydrogen-bond donors (Lipinski definition) is 2. The molecule has 14 heavy (non-hydrogen) atoms. The molecule has 2 N–H and O–H groups in total. The molecule has 0 spiro atoms. The van der Waals surface area contributed by atoms with Crippen LogP contribution in [0, 0.1) is 0 Å². The van der Waals surface area contributed by atoms with Crippen molar-refractivity contribution in [3.05, 3.63) is 12.7 Å². The van der Waals surface area contributed by atoms with Crippen molar-refractivity contribution in [2.24, 2.45) is 0 Å². The summed E-state index contributed by atoms with van der Waals surface area (Å²) in [4.78, 5) is 15.2. The van der Waals surface area contributed by atoms with Gasteiger partial charge in [-0.3, -0.25) is 4.79 Å². The Morgan fingerprint density at radius 2 is 2.36 bits per heavy atom. The zero-order chi connectivity index (χ0) is 10.6. The summed E-state index contributed by atoms with van der Waals surface area (Å²) in [6.45, 7) is 3.37. The molecule has 0 aliphatic heterocycles. The van der Waals surface area contributed by atoms with Gasteiger partial charge in [-0.15, -0.1) is 0 Å². The number of nitrogens with one attached hydrogen (secondary N) is 1. The lowest BCUT2D eigenvalue weighted by atomic mass is 10.3. The van der Waals surface area contributed by atoms with Gasteiger partial charge in [0, 0.05) is 6.04 Å². The molecule has 0 aliphatic rings. The van der Waals surface area contributed by atoms with Crippen molar-refractivity contribution in [3.63, 3.8) is 0 Å². The third-order valence-corrected chi connectivity index (χ3v) is 1.88. The van der Waals surface area contributed by atoms with E-state index in [2.05, 4.69) is 15.4 Å². The second-order valence-electron chi connectivity index (χ2n) is 3.14. The molecule has 1 aromatic heterocycles. The SMILES string of the molecule is CC(CO)NC(=O)C(C)n1cncn1. The number of rotatable bonds is 4. The average molecular weight is 198 g/mol. The predicted molar refractivity (Wildman–Crippen MR) is 49.4 cm³/mol. The van der Waals surface area contributed by atoms with Crippen molar-refractivity contribution in [1.29, 1.82) is 0 Å². The van der Waals surface area contributed by atoms with Crippen LogP contribution in [0.1, 0.15) is 19.9 Å². The molecule has 0 radical (unpaired) electrons. The molecule has 0 bridgehead atoms. The Kier molecular flexibility index (Phi) is 3.58. The van der Waals surface area contributed by atoms with Crippen molar-refractivity contribution in [3.8, 4) is 0 Å². The second-order valence-corrected chi connectivity index (χ2v) is 3.14. The Hall–Kier alpha value is -1.43. The van der Waals surface area contributed by atoms with Crippen LogP contribution in [0.15, 0.2) is 12.7 Å². The lowest BCUT2D eigenvalue weighted by molar-refractivity contribution is -0.125. The molecule has 78 valence electrons. The summed E-state index contributed by atoms with van der Waals surface area (Å²) in [7, 11) is 0. The Bertz CT molecular complexity index is 286. The molecule has 1 aromatic rings. The molecular weight excluding hydrogens is 184 g/mol. The number of aliphatic hydroxyl groups is 1. The fourth-order valence-electron chi connectivity index (χ4n) is 0.947. The van der Waals surface area contributed by atoms with E-state index < -0.39 is 6.04 Å². The van der Waals surface area contributed by atoms with E-state index in [-0.39, 0.29) is 18.6 Å². The van der Waals surface area contributed by atoms with Crippen LogP contribution in [0.3, 0.4) is 0 Å². The summed E-state index contributed by atoms with van der Waals surface area (Å²) in [5, 5.41) is 15.2. The molecule has 0 saturated heterocycles. The highest BCUT2D eigenvalue weighted by Gasteiger charge is 2.16. The first-order chi connectivity index (χ1) is 6.65. The molecule has 0 aliphatic carbocycles. The number of nitrogens with zero attached hydrogens (tertiary/aromatic N) is 3. The Morgan fingerprint density at radius 1 is 1.64 bits per heavy atom. The van der Waals surface area contributed by atoms with Gasteiger partial charge in [0.25, 0.3) is 0 Å². The Morgan fingerprint density at radius 3 is 2.86 bits per heavy atom. The third kappa shape index (κ3) is 2.53. The first-order valence-electron chi connectivity index (χ1n) is 4.40. The molecule has 2 unspecified atom stereocenters. The van der Waals surface area contributed by atoms with E-state index >= 15 is 0 Å². The van der Waals surface area contributed by atoms with Crippen molar-refractivity contribution >= 4 is 5.91 Å². The van der Waals surface area contributed by atoms with Gasteiger partial charge < -0.3 is 10.4 Å². The minimum atomic E-state index is -0.411. The summed E-state index contributed by atoms with van der Waals surface area (Å²) in [6, 6.07) is -0.653. The number of carbonyl (C=O) groups is 1. The van der Waals surface area contributed by atoms with Gasteiger partial charge in [-0.2, -0.15) is 5.10 Å². The van der Waals surface area contributed by atoms with Gasteiger partial charge >= 0.3 is 0 Å². The van der Waals surface area contributed by atoms with Gasteiger partial charge in [0.15, 0.2) is 0 Å². The molecule has 6 heteroatoms. The predicted octanol–water partition coefficient (Wildman–Crippen LogP) is -0.664. The summed E-state index contributed by atoms with van der Waals surface area (Å²) < 4.78 is 1.46. The van der Waals surface area contributed by atoms with Gasteiger partial charge in [0.05, 0.1) is 6.61 Å². The van der Waals surface area contributed by atoms with Gasteiger partial charge in [-0.1, -0.05) is 0 Å². The fourth-order valence-corrected chi connectivity index (χ4v) is 0.947. The quantitative estimate of drug-likeness (QED) is 0.672. The van der Waals surface area contributed by atoms with E-state index in [1.165, 1.54) is 17.3 Å². The van der Waals surface area contributed by atoms with Gasteiger partial charge in [-0.05, 0) is 13.8 Å². The smallest absolute Gasteiger partial charge is 0.244 e. The number of aromatic nitrogens is 3. The van der Waals surface area contributed by atoms with Crippen LogP contribution < -0.4 is 5.32 Å². The second kappa shape index (κ2) is 4.71. The maximum absolute atomic E-state index is 11.5. The van der Waals surface area contributed by atoms with Crippen molar-refractivity contribution < 1.29 is 9.90 Å². The molecular formula is C8H14N4O2. The summed E-state index contributed by atoms with van der Waals surface area (Å²) >= 11 is 0. The highest BCUT2D eigenvalue weighted by molar-refractivity contribution is 5.79. The fraction of sp³-hybridized carbons (Fsp3) is 0.625. The molecule has 0 aromatic carbocycles. The van der Waals surface area contributed by atoms with Crippen molar-refractivity contribution in [2.75, 3.05) is 6.61 Å². The van der Waals surface area contributed by atoms with Crippen molar-refractivity contribution in [2.45, 2.75) is 25.9 Å². The lowest BCUT2D eigenvalue weighted by Crippen LogP contribution is -2.39. The maximum atomic E-state index is 11.5. The van der Waals surface area contributed by atoms with Crippen LogP contribution >= 0.6 is 0 Å². The van der Waals surface area contributed by atoms with Crippen LogP contribution in [0.4, 0.5) is 0 Å².